The molecule has 22 heavy (non-hydrogen) atoms. The Hall–Kier alpha value is -3.02. The zero-order valence-electron chi connectivity index (χ0n) is 12.0. The summed E-state index contributed by atoms with van der Waals surface area (Å²) in [6.07, 6.45) is 0. The molecule has 0 N–H and O–H groups in total. The van der Waals surface area contributed by atoms with Crippen LogP contribution in [-0.4, -0.2) is 16.7 Å². The molecule has 2 amide bonds. The number of aryl methyl sites for hydroxylation is 2. The van der Waals surface area contributed by atoms with Gasteiger partial charge in [0.1, 0.15) is 0 Å². The van der Waals surface area contributed by atoms with E-state index in [0.717, 1.165) is 4.90 Å². The first-order valence-electron chi connectivity index (χ1n) is 6.65. The van der Waals surface area contributed by atoms with Crippen LogP contribution in [0, 0.1) is 24.0 Å². The predicted octanol–water partition coefficient (Wildman–Crippen LogP) is 3.01. The van der Waals surface area contributed by atoms with Gasteiger partial charge in [-0.15, -0.1) is 0 Å². The fourth-order valence-electron chi connectivity index (χ4n) is 2.63. The Morgan fingerprint density at radius 3 is 2.36 bits per heavy atom. The van der Waals surface area contributed by atoms with Crippen molar-refractivity contribution in [2.75, 3.05) is 4.90 Å². The molecule has 0 saturated carbocycles. The Bertz CT molecular complexity index is 842. The number of non-ortho nitro benzene ring substituents is 1. The zero-order chi connectivity index (χ0) is 16.0. The maximum absolute atomic E-state index is 12.6. The lowest BCUT2D eigenvalue weighted by Crippen LogP contribution is -2.30. The van der Waals surface area contributed by atoms with Gasteiger partial charge in [-0.3, -0.25) is 19.7 Å². The second kappa shape index (κ2) is 4.77. The molecule has 0 aliphatic carbocycles. The number of hydrogen-bond acceptors (Lipinski definition) is 4. The number of nitro groups is 1. The minimum absolute atomic E-state index is 0.158. The van der Waals surface area contributed by atoms with Gasteiger partial charge in [-0.1, -0.05) is 18.2 Å². The third-order valence-electron chi connectivity index (χ3n) is 3.77. The average Bonchev–Trinajstić information content (AvgIpc) is 2.72. The number of carbonyl (C=O) groups is 2. The number of nitro benzene ring substituents is 1. The number of nitrogens with zero attached hydrogens (tertiary/aromatic N) is 2. The number of carbonyl (C=O) groups excluding carboxylic acids is 2. The number of benzene rings is 2. The standard InChI is InChI=1S/C16H12N2O4/c1-9-6-7-11(18(21)22)8-13(9)17-15(19)12-5-3-4-10(2)14(12)16(17)20/h3-8H,1-2H3. The second-order valence-electron chi connectivity index (χ2n) is 5.17. The first-order chi connectivity index (χ1) is 10.4. The molecule has 0 fully saturated rings. The summed E-state index contributed by atoms with van der Waals surface area (Å²) in [4.78, 5) is 36.5. The molecule has 0 unspecified atom stereocenters. The van der Waals surface area contributed by atoms with Crippen molar-refractivity contribution < 1.29 is 14.5 Å². The Labute approximate surface area is 126 Å². The van der Waals surface area contributed by atoms with Crippen LogP contribution in [0.25, 0.3) is 0 Å². The average molecular weight is 296 g/mol. The molecule has 0 saturated heterocycles. The van der Waals surface area contributed by atoms with Gasteiger partial charge >= 0.3 is 0 Å². The van der Waals surface area contributed by atoms with Crippen molar-refractivity contribution in [3.63, 3.8) is 0 Å². The fourth-order valence-corrected chi connectivity index (χ4v) is 2.63. The van der Waals surface area contributed by atoms with E-state index in [9.17, 15) is 19.7 Å². The van der Waals surface area contributed by atoms with Crippen LogP contribution < -0.4 is 4.90 Å². The second-order valence-corrected chi connectivity index (χ2v) is 5.17. The van der Waals surface area contributed by atoms with Crippen molar-refractivity contribution in [1.29, 1.82) is 0 Å². The Balaban J connectivity index is 2.18. The Morgan fingerprint density at radius 2 is 1.73 bits per heavy atom. The van der Waals surface area contributed by atoms with Crippen molar-refractivity contribution in [2.24, 2.45) is 0 Å². The summed E-state index contributed by atoms with van der Waals surface area (Å²) in [6.45, 7) is 3.46. The highest BCUT2D eigenvalue weighted by atomic mass is 16.6. The van der Waals surface area contributed by atoms with Gasteiger partial charge in [-0.05, 0) is 31.0 Å². The maximum Gasteiger partial charge on any atom is 0.271 e. The maximum atomic E-state index is 12.6. The van der Waals surface area contributed by atoms with Gasteiger partial charge in [0.15, 0.2) is 0 Å². The van der Waals surface area contributed by atoms with Crippen LogP contribution in [0.2, 0.25) is 0 Å². The molecule has 0 radical (unpaired) electrons. The third kappa shape index (κ3) is 1.88. The summed E-state index contributed by atoms with van der Waals surface area (Å²) < 4.78 is 0. The van der Waals surface area contributed by atoms with Gasteiger partial charge in [-0.25, -0.2) is 4.90 Å². The molecule has 110 valence electrons. The molecule has 0 spiro atoms. The summed E-state index contributed by atoms with van der Waals surface area (Å²) in [5, 5.41) is 10.9. The first-order valence-corrected chi connectivity index (χ1v) is 6.65. The van der Waals surface area contributed by atoms with Crippen molar-refractivity contribution in [2.45, 2.75) is 13.8 Å². The minimum Gasteiger partial charge on any atom is -0.268 e. The highest BCUT2D eigenvalue weighted by Gasteiger charge is 2.38. The molecule has 2 aromatic rings. The van der Waals surface area contributed by atoms with E-state index in [1.807, 2.05) is 0 Å². The van der Waals surface area contributed by atoms with E-state index in [4.69, 9.17) is 0 Å². The highest BCUT2D eigenvalue weighted by molar-refractivity contribution is 6.35. The van der Waals surface area contributed by atoms with E-state index in [-0.39, 0.29) is 11.4 Å². The van der Waals surface area contributed by atoms with Gasteiger partial charge in [0.25, 0.3) is 17.5 Å². The number of hydrogen-bond donors (Lipinski definition) is 0. The molecule has 1 aliphatic rings. The normalized spacial score (nSPS) is 13.5. The van der Waals surface area contributed by atoms with Crippen LogP contribution in [0.15, 0.2) is 36.4 Å². The minimum atomic E-state index is -0.549. The Morgan fingerprint density at radius 1 is 1.00 bits per heavy atom. The van der Waals surface area contributed by atoms with E-state index < -0.39 is 16.7 Å². The van der Waals surface area contributed by atoms with E-state index in [2.05, 4.69) is 0 Å². The zero-order valence-corrected chi connectivity index (χ0v) is 12.0. The van der Waals surface area contributed by atoms with Crippen LogP contribution >= 0.6 is 0 Å². The molecular weight excluding hydrogens is 284 g/mol. The molecule has 3 rings (SSSR count). The molecule has 6 nitrogen and oxygen atoms in total. The van der Waals surface area contributed by atoms with Crippen LogP contribution in [0.1, 0.15) is 31.8 Å². The monoisotopic (exact) mass is 296 g/mol. The van der Waals surface area contributed by atoms with E-state index in [1.165, 1.54) is 18.2 Å². The van der Waals surface area contributed by atoms with Gasteiger partial charge in [0, 0.05) is 12.1 Å². The molecule has 1 aliphatic heterocycles. The lowest BCUT2D eigenvalue weighted by molar-refractivity contribution is -0.384. The van der Waals surface area contributed by atoms with Gasteiger partial charge in [-0.2, -0.15) is 0 Å². The third-order valence-corrected chi connectivity index (χ3v) is 3.77. The summed E-state index contributed by atoms with van der Waals surface area (Å²) in [5.74, 6) is -0.894. The molecule has 0 aromatic heterocycles. The smallest absolute Gasteiger partial charge is 0.268 e. The molecule has 6 heteroatoms. The van der Waals surface area contributed by atoms with Gasteiger partial charge in [0.05, 0.1) is 21.7 Å². The van der Waals surface area contributed by atoms with E-state index in [1.54, 1.807) is 32.0 Å². The van der Waals surface area contributed by atoms with Crippen molar-refractivity contribution >= 4 is 23.2 Å². The van der Waals surface area contributed by atoms with Crippen LogP contribution in [0.3, 0.4) is 0 Å². The number of fused-ring (bicyclic) bond motifs is 1. The van der Waals surface area contributed by atoms with Crippen LogP contribution in [0.5, 0.6) is 0 Å². The highest BCUT2D eigenvalue weighted by Crippen LogP contribution is 2.33. The number of rotatable bonds is 2. The van der Waals surface area contributed by atoms with Gasteiger partial charge in [0.2, 0.25) is 0 Å². The fraction of sp³-hybridized carbons (Fsp3) is 0.125. The van der Waals surface area contributed by atoms with Crippen molar-refractivity contribution in [3.8, 4) is 0 Å². The molecular formula is C16H12N2O4. The Kier molecular flexibility index (Phi) is 3.02. The summed E-state index contributed by atoms with van der Waals surface area (Å²) in [6, 6.07) is 9.20. The first kappa shape index (κ1) is 13.9. The molecule has 2 aromatic carbocycles. The molecule has 1 heterocycles. The van der Waals surface area contributed by atoms with Crippen LogP contribution in [0.4, 0.5) is 11.4 Å². The SMILES string of the molecule is Cc1ccc([N+](=O)[O-])cc1N1C(=O)c2cccc(C)c2C1=O. The summed E-state index contributed by atoms with van der Waals surface area (Å²) in [5.41, 5.74) is 2.11. The van der Waals surface area contributed by atoms with Crippen molar-refractivity contribution in [3.05, 3.63) is 68.8 Å². The lowest BCUT2D eigenvalue weighted by atomic mass is 10.0. The number of imide groups is 1. The topological polar surface area (TPSA) is 80.5 Å². The van der Waals surface area contributed by atoms with E-state index >= 15 is 0 Å². The van der Waals surface area contributed by atoms with E-state index in [0.29, 0.717) is 22.3 Å². The summed E-state index contributed by atoms with van der Waals surface area (Å²) >= 11 is 0. The lowest BCUT2D eigenvalue weighted by Gasteiger charge is -2.16. The quantitative estimate of drug-likeness (QED) is 0.484. The largest absolute Gasteiger partial charge is 0.271 e. The molecule has 0 bridgehead atoms. The summed E-state index contributed by atoms with van der Waals surface area (Å²) in [7, 11) is 0. The predicted molar refractivity (Wildman–Crippen MR) is 80.2 cm³/mol. The van der Waals surface area contributed by atoms with Gasteiger partial charge < -0.3 is 0 Å². The number of amides is 2. The van der Waals surface area contributed by atoms with Crippen LogP contribution in [-0.2, 0) is 0 Å². The van der Waals surface area contributed by atoms with Crippen molar-refractivity contribution in [1.82, 2.24) is 0 Å². The molecule has 0 atom stereocenters. The number of anilines is 1.